The molecule has 12 heteroatoms. The number of methoxy groups -OCH3 is 1. The Kier molecular flexibility index (Phi) is 10.4. The van der Waals surface area contributed by atoms with Crippen molar-refractivity contribution >= 4 is 17.9 Å². The van der Waals surface area contributed by atoms with E-state index in [2.05, 4.69) is 53.4 Å². The third-order valence-electron chi connectivity index (χ3n) is 14.9. The number of aromatic nitrogens is 4. The van der Waals surface area contributed by atoms with Crippen molar-refractivity contribution in [2.45, 2.75) is 141 Å². The second-order valence-corrected chi connectivity index (χ2v) is 19.6. The second-order valence-electron chi connectivity index (χ2n) is 19.6. The number of imidazole rings is 2. The smallest absolute Gasteiger partial charge is 0.407 e. The molecule has 2 aliphatic carbocycles. The number of rotatable bonds is 10. The van der Waals surface area contributed by atoms with E-state index in [-0.39, 0.29) is 42.0 Å². The highest BCUT2D eigenvalue weighted by atomic mass is 16.5. The number of nitrogens with one attached hydrogen (secondary N) is 3. The molecular weight excluding hydrogens is 767 g/mol. The Hall–Kier alpha value is -4.97. The fourth-order valence-corrected chi connectivity index (χ4v) is 12.0. The number of carbonyl (C=O) groups is 3. The molecule has 6 heterocycles. The van der Waals surface area contributed by atoms with Gasteiger partial charge in [0.15, 0.2) is 0 Å². The van der Waals surface area contributed by atoms with Crippen LogP contribution < -0.4 is 5.32 Å². The first kappa shape index (κ1) is 40.1. The standard InChI is InChI=1S/C49H61N7O5/c1-27(2)22-41(57)55-20-8-10-37(55)45-50-25-35(52-45)30-13-12-29(33-23-49(24-34(30)33)18-6-7-19-49)31-14-15-32(43-40-17-16-39(61-40)42(31)43)36-26-51-46(53-36)38-11-9-21-56(38)47(58)44(28(3)4)54-48(59)60-5/h12-15,25-28,37-40,44H,6-11,16-24H2,1-5H3,(H,50,52)(H,51,53)(H,54,59)/t37-,38+,39?,40?,44-/m0/s1. The zero-order valence-electron chi connectivity index (χ0n) is 36.4. The zero-order chi connectivity index (χ0) is 42.2. The molecule has 61 heavy (non-hydrogen) atoms. The van der Waals surface area contributed by atoms with Crippen molar-refractivity contribution in [2.24, 2.45) is 17.3 Å². The van der Waals surface area contributed by atoms with Gasteiger partial charge in [-0.1, -0.05) is 64.8 Å². The van der Waals surface area contributed by atoms with Crippen LogP contribution in [0.25, 0.3) is 33.6 Å². The Balaban J connectivity index is 0.984. The molecular formula is C49H61N7O5. The summed E-state index contributed by atoms with van der Waals surface area (Å²) in [6, 6.07) is 8.38. The molecule has 3 N–H and O–H groups in total. The molecule has 2 aromatic heterocycles. The summed E-state index contributed by atoms with van der Waals surface area (Å²) in [5.41, 5.74) is 12.8. The van der Waals surface area contributed by atoms with Crippen LogP contribution in [0.4, 0.5) is 4.79 Å². The van der Waals surface area contributed by atoms with Gasteiger partial charge in [0.25, 0.3) is 0 Å². The lowest BCUT2D eigenvalue weighted by Gasteiger charge is -2.30. The maximum atomic E-state index is 13.9. The van der Waals surface area contributed by atoms with Crippen LogP contribution >= 0.6 is 0 Å². The number of aromatic amines is 2. The average molecular weight is 828 g/mol. The maximum absolute atomic E-state index is 13.9. The Labute approximate surface area is 359 Å². The highest BCUT2D eigenvalue weighted by Crippen LogP contribution is 2.59. The number of fused-ring (bicyclic) bond motifs is 6. The normalized spacial score (nSPS) is 24.0. The van der Waals surface area contributed by atoms with Crippen molar-refractivity contribution in [1.29, 1.82) is 0 Å². The van der Waals surface area contributed by atoms with Crippen molar-refractivity contribution in [2.75, 3.05) is 20.2 Å². The average Bonchev–Trinajstić information content (AvgIpc) is 4.10. The van der Waals surface area contributed by atoms with Gasteiger partial charge < -0.3 is 34.6 Å². The third kappa shape index (κ3) is 6.97. The summed E-state index contributed by atoms with van der Waals surface area (Å²) in [7, 11) is 1.32. The molecule has 2 unspecified atom stereocenters. The van der Waals surface area contributed by atoms with E-state index in [1.807, 2.05) is 36.0 Å². The minimum Gasteiger partial charge on any atom is -0.453 e. The largest absolute Gasteiger partial charge is 0.453 e. The summed E-state index contributed by atoms with van der Waals surface area (Å²) in [6.07, 6.45) is 16.9. The molecule has 4 aromatic rings. The predicted octanol–water partition coefficient (Wildman–Crippen LogP) is 9.45. The van der Waals surface area contributed by atoms with Crippen LogP contribution in [0.5, 0.6) is 0 Å². The summed E-state index contributed by atoms with van der Waals surface area (Å²) >= 11 is 0. The molecule has 0 radical (unpaired) electrons. The van der Waals surface area contributed by atoms with Crippen LogP contribution in [0, 0.1) is 17.3 Å². The topological polar surface area (TPSA) is 146 Å². The van der Waals surface area contributed by atoms with Gasteiger partial charge in [0.2, 0.25) is 11.8 Å². The van der Waals surface area contributed by atoms with Crippen LogP contribution in [0.1, 0.15) is 157 Å². The van der Waals surface area contributed by atoms with Crippen LogP contribution in [0.2, 0.25) is 0 Å². The van der Waals surface area contributed by atoms with Gasteiger partial charge in [-0.2, -0.15) is 0 Å². The minimum atomic E-state index is -0.684. The quantitative estimate of drug-likeness (QED) is 0.144. The van der Waals surface area contributed by atoms with Crippen LogP contribution in [-0.2, 0) is 31.9 Å². The van der Waals surface area contributed by atoms with E-state index in [4.69, 9.17) is 19.4 Å². The molecule has 5 atom stereocenters. The van der Waals surface area contributed by atoms with Crippen LogP contribution in [0.15, 0.2) is 36.7 Å². The second kappa shape index (κ2) is 15.7. The summed E-state index contributed by atoms with van der Waals surface area (Å²) in [6.45, 7) is 9.49. The van der Waals surface area contributed by atoms with E-state index in [0.29, 0.717) is 24.3 Å². The molecule has 10 rings (SSSR count). The molecule has 1 spiro atoms. The van der Waals surface area contributed by atoms with Crippen molar-refractivity contribution < 1.29 is 23.9 Å². The molecule has 2 aromatic carbocycles. The number of H-pyrrole nitrogens is 2. The van der Waals surface area contributed by atoms with Gasteiger partial charge in [-0.3, -0.25) is 9.59 Å². The van der Waals surface area contributed by atoms with E-state index in [1.165, 1.54) is 71.7 Å². The SMILES string of the molecule is COC(=O)N[C@H](C(=O)N1CCC[C@@H]1c1ncc(-c2ccc(-c3ccc(-c4cnc([C@@H]5CCCN5C(=O)CC(C)C)[nH]4)c4c3CC3(CCCC3)C4)c3c2C2CCC3O2)[nH]1)C(C)C. The highest BCUT2D eigenvalue weighted by molar-refractivity contribution is 5.87. The zero-order valence-corrected chi connectivity index (χ0v) is 36.4. The molecule has 6 aliphatic rings. The number of ether oxygens (including phenoxy) is 2. The Morgan fingerprint density at radius 1 is 0.770 bits per heavy atom. The first-order chi connectivity index (χ1) is 29.5. The maximum Gasteiger partial charge on any atom is 0.407 e. The van der Waals surface area contributed by atoms with E-state index in [1.54, 1.807) is 0 Å². The molecule has 3 saturated heterocycles. The van der Waals surface area contributed by atoms with E-state index in [9.17, 15) is 14.4 Å². The number of amides is 3. The number of nitrogens with zero attached hydrogens (tertiary/aromatic N) is 4. The van der Waals surface area contributed by atoms with Crippen molar-refractivity contribution in [3.05, 3.63) is 70.6 Å². The van der Waals surface area contributed by atoms with Gasteiger partial charge in [-0.05, 0) is 115 Å². The summed E-state index contributed by atoms with van der Waals surface area (Å²) in [4.78, 5) is 60.4. The van der Waals surface area contributed by atoms with Gasteiger partial charge in [0.1, 0.15) is 17.7 Å². The van der Waals surface area contributed by atoms with Gasteiger partial charge in [0, 0.05) is 30.6 Å². The number of hydrogen-bond donors (Lipinski definition) is 3. The van der Waals surface area contributed by atoms with Gasteiger partial charge in [0.05, 0.1) is 55.2 Å². The number of likely N-dealkylation sites (tertiary alicyclic amines) is 2. The molecule has 12 nitrogen and oxygen atoms in total. The minimum absolute atomic E-state index is 0.00290. The summed E-state index contributed by atoms with van der Waals surface area (Å²) < 4.78 is 11.6. The molecule has 3 amide bonds. The lowest BCUT2D eigenvalue weighted by Crippen LogP contribution is -2.51. The summed E-state index contributed by atoms with van der Waals surface area (Å²) in [5.74, 6) is 2.02. The van der Waals surface area contributed by atoms with Crippen molar-refractivity contribution in [3.63, 3.8) is 0 Å². The lowest BCUT2D eigenvalue weighted by molar-refractivity contribution is -0.135. The van der Waals surface area contributed by atoms with E-state index < -0.39 is 12.1 Å². The van der Waals surface area contributed by atoms with E-state index in [0.717, 1.165) is 86.5 Å². The Morgan fingerprint density at radius 3 is 1.97 bits per heavy atom. The monoisotopic (exact) mass is 827 g/mol. The molecule has 1 saturated carbocycles. The number of hydrogen-bond acceptors (Lipinski definition) is 7. The Morgan fingerprint density at radius 2 is 1.33 bits per heavy atom. The van der Waals surface area contributed by atoms with Crippen LogP contribution in [-0.4, -0.2) is 73.9 Å². The number of benzene rings is 2. The first-order valence-corrected chi connectivity index (χ1v) is 23.0. The predicted molar refractivity (Wildman–Crippen MR) is 232 cm³/mol. The van der Waals surface area contributed by atoms with Crippen molar-refractivity contribution in [1.82, 2.24) is 35.1 Å². The highest BCUT2D eigenvalue weighted by Gasteiger charge is 2.46. The Bertz CT molecular complexity index is 2360. The third-order valence-corrected chi connectivity index (χ3v) is 14.9. The fourth-order valence-electron chi connectivity index (χ4n) is 12.0. The number of alkyl carbamates (subject to hydrolysis) is 1. The van der Waals surface area contributed by atoms with Gasteiger partial charge >= 0.3 is 6.09 Å². The van der Waals surface area contributed by atoms with Crippen molar-refractivity contribution in [3.8, 4) is 33.6 Å². The lowest BCUT2D eigenvalue weighted by atomic mass is 9.80. The van der Waals surface area contributed by atoms with E-state index >= 15 is 0 Å². The molecule has 2 bridgehead atoms. The first-order valence-electron chi connectivity index (χ1n) is 23.0. The van der Waals surface area contributed by atoms with Gasteiger partial charge in [-0.25, -0.2) is 14.8 Å². The summed E-state index contributed by atoms with van der Waals surface area (Å²) in [5, 5.41) is 2.76. The molecule has 4 aliphatic heterocycles. The molecule has 322 valence electrons. The van der Waals surface area contributed by atoms with Gasteiger partial charge in [-0.15, -0.1) is 0 Å². The number of carbonyl (C=O) groups excluding carboxylic acids is 3. The molecule has 4 fully saturated rings. The fraction of sp³-hybridized carbons (Fsp3) is 0.571. The van der Waals surface area contributed by atoms with Crippen LogP contribution in [0.3, 0.4) is 0 Å².